The van der Waals surface area contributed by atoms with Crippen LogP contribution in [-0.4, -0.2) is 38.1 Å². The van der Waals surface area contributed by atoms with Crippen LogP contribution >= 0.6 is 24.0 Å². The van der Waals surface area contributed by atoms with E-state index in [0.717, 1.165) is 33.8 Å². The van der Waals surface area contributed by atoms with E-state index in [-0.39, 0.29) is 5.91 Å². The van der Waals surface area contributed by atoms with Gasteiger partial charge in [0, 0.05) is 23.9 Å². The molecule has 0 saturated carbocycles. The fourth-order valence-corrected chi connectivity index (χ4v) is 4.83. The van der Waals surface area contributed by atoms with Gasteiger partial charge in [-0.15, -0.1) is 0 Å². The Hall–Kier alpha value is -3.16. The molecule has 0 aliphatic carbocycles. The molecule has 1 amide bonds. The third kappa shape index (κ3) is 4.40. The van der Waals surface area contributed by atoms with Crippen LogP contribution in [0.5, 0.6) is 5.75 Å². The van der Waals surface area contributed by atoms with Gasteiger partial charge in [0.15, 0.2) is 0 Å². The Morgan fingerprint density at radius 1 is 1.22 bits per heavy atom. The van der Waals surface area contributed by atoms with Crippen molar-refractivity contribution in [1.82, 2.24) is 14.7 Å². The minimum atomic E-state index is -0.0646. The van der Waals surface area contributed by atoms with E-state index in [1.165, 1.54) is 11.8 Å². The maximum Gasteiger partial charge on any atom is 0.266 e. The average molecular weight is 462 g/mol. The van der Waals surface area contributed by atoms with Crippen molar-refractivity contribution in [2.24, 2.45) is 0 Å². The number of nitrogens with zero attached hydrogens (tertiary/aromatic N) is 3. The van der Waals surface area contributed by atoms with Crippen molar-refractivity contribution in [3.8, 4) is 22.7 Å². The quantitative estimate of drug-likeness (QED) is 0.259. The molecule has 3 aromatic rings. The van der Waals surface area contributed by atoms with Gasteiger partial charge < -0.3 is 4.74 Å². The monoisotopic (exact) mass is 461 g/mol. The minimum absolute atomic E-state index is 0.0646. The molecule has 0 bridgehead atoms. The highest BCUT2D eigenvalue weighted by atomic mass is 32.2. The summed E-state index contributed by atoms with van der Waals surface area (Å²) in [5, 5.41) is 4.86. The Bertz CT molecular complexity index is 1220. The number of hydrogen-bond donors (Lipinski definition) is 0. The van der Waals surface area contributed by atoms with Crippen molar-refractivity contribution in [3.63, 3.8) is 0 Å². The van der Waals surface area contributed by atoms with E-state index >= 15 is 0 Å². The predicted octanol–water partition coefficient (Wildman–Crippen LogP) is 5.63. The van der Waals surface area contributed by atoms with Crippen LogP contribution in [0.2, 0.25) is 0 Å². The van der Waals surface area contributed by atoms with Crippen LogP contribution in [0.3, 0.4) is 0 Å². The predicted molar refractivity (Wildman–Crippen MR) is 135 cm³/mol. The molecule has 0 unspecified atom stereocenters. The highest BCUT2D eigenvalue weighted by Crippen LogP contribution is 2.35. The van der Waals surface area contributed by atoms with Gasteiger partial charge in [0.2, 0.25) is 0 Å². The van der Waals surface area contributed by atoms with Gasteiger partial charge in [-0.1, -0.05) is 54.8 Å². The molecular weight excluding hydrogens is 438 g/mol. The first kappa shape index (κ1) is 22.0. The van der Waals surface area contributed by atoms with Crippen molar-refractivity contribution in [3.05, 3.63) is 83.4 Å². The average Bonchev–Trinajstić information content (AvgIpc) is 3.34. The molecular formula is C25H23N3O2S2. The number of aryl methyl sites for hydroxylation is 1. The first-order valence-electron chi connectivity index (χ1n) is 10.3. The zero-order valence-electron chi connectivity index (χ0n) is 17.9. The third-order valence-corrected chi connectivity index (χ3v) is 6.42. The van der Waals surface area contributed by atoms with E-state index < -0.39 is 0 Å². The molecule has 5 nitrogen and oxygen atoms in total. The number of thiocarbonyl (C=S) groups is 1. The van der Waals surface area contributed by atoms with Gasteiger partial charge in [0.05, 0.1) is 10.6 Å². The molecule has 162 valence electrons. The van der Waals surface area contributed by atoms with Gasteiger partial charge in [-0.25, -0.2) is 4.68 Å². The second-order valence-electron chi connectivity index (χ2n) is 7.22. The number of rotatable bonds is 7. The minimum Gasteiger partial charge on any atom is -0.489 e. The lowest BCUT2D eigenvalue weighted by Gasteiger charge is -2.09. The van der Waals surface area contributed by atoms with E-state index in [1.54, 1.807) is 11.0 Å². The smallest absolute Gasteiger partial charge is 0.266 e. The van der Waals surface area contributed by atoms with Gasteiger partial charge in [0.1, 0.15) is 22.4 Å². The number of para-hydroxylation sites is 1. The highest BCUT2D eigenvalue weighted by molar-refractivity contribution is 8.26. The third-order valence-electron chi connectivity index (χ3n) is 5.04. The van der Waals surface area contributed by atoms with Crippen LogP contribution in [-0.2, 0) is 4.79 Å². The van der Waals surface area contributed by atoms with Crippen molar-refractivity contribution in [2.45, 2.75) is 13.8 Å². The molecule has 0 atom stereocenters. The zero-order chi connectivity index (χ0) is 22.7. The number of ether oxygens (including phenoxy) is 1. The lowest BCUT2D eigenvalue weighted by Crippen LogP contribution is -2.27. The summed E-state index contributed by atoms with van der Waals surface area (Å²) in [4.78, 5) is 15.0. The maximum atomic E-state index is 12.8. The van der Waals surface area contributed by atoms with Crippen LogP contribution < -0.4 is 4.74 Å². The molecule has 7 heteroatoms. The van der Waals surface area contributed by atoms with E-state index in [0.29, 0.717) is 22.4 Å². The molecule has 32 heavy (non-hydrogen) atoms. The summed E-state index contributed by atoms with van der Waals surface area (Å²) in [5.41, 5.74) is 4.53. The van der Waals surface area contributed by atoms with Gasteiger partial charge in [-0.05, 0) is 55.8 Å². The van der Waals surface area contributed by atoms with E-state index in [2.05, 4.69) is 6.58 Å². The second-order valence-corrected chi connectivity index (χ2v) is 8.89. The summed E-state index contributed by atoms with van der Waals surface area (Å²) < 4.78 is 8.13. The highest BCUT2D eigenvalue weighted by Gasteiger charge is 2.31. The van der Waals surface area contributed by atoms with Crippen LogP contribution in [0.4, 0.5) is 0 Å². The van der Waals surface area contributed by atoms with Gasteiger partial charge in [-0.3, -0.25) is 9.69 Å². The molecule has 0 N–H and O–H groups in total. The Labute approximate surface area is 197 Å². The zero-order valence-corrected chi connectivity index (χ0v) is 19.6. The second kappa shape index (κ2) is 9.54. The lowest BCUT2D eigenvalue weighted by atomic mass is 10.0. The lowest BCUT2D eigenvalue weighted by molar-refractivity contribution is -0.121. The number of likely N-dealkylation sites (N-methyl/N-ethyl adjacent to an activating group) is 1. The SMILES string of the molecule is C=CCOc1ccc(-c2nn(-c3ccccc3)cc2/C=C2\SC(=S)N(CC)C2=O)cc1C. The van der Waals surface area contributed by atoms with Gasteiger partial charge in [-0.2, -0.15) is 5.10 Å². The number of carbonyl (C=O) groups is 1. The number of aromatic nitrogens is 2. The van der Waals surface area contributed by atoms with Gasteiger partial charge in [0.25, 0.3) is 5.91 Å². The van der Waals surface area contributed by atoms with Crippen molar-refractivity contribution < 1.29 is 9.53 Å². The molecule has 1 aliphatic heterocycles. The molecule has 1 aliphatic rings. The van der Waals surface area contributed by atoms with Crippen LogP contribution in [0.1, 0.15) is 18.1 Å². The Kier molecular flexibility index (Phi) is 6.58. The molecule has 1 fully saturated rings. The summed E-state index contributed by atoms with van der Waals surface area (Å²) in [6, 6.07) is 15.9. The Morgan fingerprint density at radius 2 is 2.00 bits per heavy atom. The molecule has 2 aromatic carbocycles. The number of hydrogen-bond acceptors (Lipinski definition) is 5. The Balaban J connectivity index is 1.79. The first-order valence-corrected chi connectivity index (χ1v) is 11.5. The fourth-order valence-electron chi connectivity index (χ4n) is 3.45. The standard InChI is InChI=1S/C25H23N3O2S2/c1-4-13-30-21-12-11-18(14-17(21)3)23-19(15-22-24(29)27(5-2)25(31)32-22)16-28(26-23)20-9-7-6-8-10-20/h4,6-12,14-16H,1,5,13H2,2-3H3/b22-15-. The normalized spacial score (nSPS) is 14.9. The summed E-state index contributed by atoms with van der Waals surface area (Å²) in [5.74, 6) is 0.742. The molecule has 2 heterocycles. The number of benzene rings is 2. The van der Waals surface area contributed by atoms with E-state index in [4.69, 9.17) is 22.1 Å². The van der Waals surface area contributed by atoms with E-state index in [1.807, 2.05) is 79.3 Å². The van der Waals surface area contributed by atoms with E-state index in [9.17, 15) is 4.79 Å². The van der Waals surface area contributed by atoms with Crippen LogP contribution in [0.15, 0.2) is 72.3 Å². The Morgan fingerprint density at radius 3 is 2.66 bits per heavy atom. The van der Waals surface area contributed by atoms with Crippen LogP contribution in [0.25, 0.3) is 23.0 Å². The van der Waals surface area contributed by atoms with Crippen molar-refractivity contribution in [2.75, 3.05) is 13.2 Å². The van der Waals surface area contributed by atoms with Crippen LogP contribution in [0, 0.1) is 6.92 Å². The topological polar surface area (TPSA) is 47.4 Å². The molecule has 4 rings (SSSR count). The summed E-state index contributed by atoms with van der Waals surface area (Å²) >= 11 is 6.70. The largest absolute Gasteiger partial charge is 0.489 e. The summed E-state index contributed by atoms with van der Waals surface area (Å²) in [7, 11) is 0. The summed E-state index contributed by atoms with van der Waals surface area (Å²) in [6.07, 6.45) is 5.55. The maximum absolute atomic E-state index is 12.8. The summed E-state index contributed by atoms with van der Waals surface area (Å²) in [6.45, 7) is 8.63. The van der Waals surface area contributed by atoms with Gasteiger partial charge >= 0.3 is 0 Å². The fraction of sp³-hybridized carbons (Fsp3) is 0.160. The molecule has 1 saturated heterocycles. The molecule has 1 aromatic heterocycles. The number of amides is 1. The first-order chi connectivity index (χ1) is 15.5. The molecule has 0 spiro atoms. The van der Waals surface area contributed by atoms with Crippen molar-refractivity contribution >= 4 is 40.3 Å². The molecule has 0 radical (unpaired) electrons. The number of carbonyl (C=O) groups excluding carboxylic acids is 1. The number of thioether (sulfide) groups is 1. The van der Waals surface area contributed by atoms with Crippen molar-refractivity contribution in [1.29, 1.82) is 0 Å².